The zero-order valence-electron chi connectivity index (χ0n) is 5.41. The van der Waals surface area contributed by atoms with Crippen molar-refractivity contribution in [3.8, 4) is 0 Å². The van der Waals surface area contributed by atoms with Gasteiger partial charge in [0.2, 0.25) is 0 Å². The second-order valence-electron chi connectivity index (χ2n) is 1.97. The van der Waals surface area contributed by atoms with Crippen LogP contribution < -0.4 is 0 Å². The average Bonchev–Trinajstić information content (AvgIpc) is 1.94. The molecule has 0 unspecified atom stereocenters. The second-order valence-corrected chi connectivity index (χ2v) is 2.86. The van der Waals surface area contributed by atoms with E-state index in [1.807, 2.05) is 0 Å². The van der Waals surface area contributed by atoms with Crippen LogP contribution in [0.2, 0.25) is 5.02 Å². The minimum Gasteiger partial charge on any atom is -0.478 e. The highest BCUT2D eigenvalue weighted by atomic mass is 35.5. The van der Waals surface area contributed by atoms with Crippen LogP contribution in [0.1, 0.15) is 10.4 Å². The summed E-state index contributed by atoms with van der Waals surface area (Å²) in [5.74, 6) is -0.986. The van der Waals surface area contributed by atoms with Crippen LogP contribution in [0.25, 0.3) is 0 Å². The lowest BCUT2D eigenvalue weighted by atomic mass is 10.2. The van der Waals surface area contributed by atoms with Gasteiger partial charge in [0.15, 0.2) is 0 Å². The Morgan fingerprint density at radius 2 is 2.18 bits per heavy atom. The molecule has 0 aliphatic carbocycles. The summed E-state index contributed by atoms with van der Waals surface area (Å²) in [7, 11) is 0. The molecule has 58 valence electrons. The second kappa shape index (κ2) is 3.15. The predicted octanol–water partition coefficient (Wildman–Crippen LogP) is 2.33. The highest BCUT2D eigenvalue weighted by Gasteiger charge is 2.03. The largest absolute Gasteiger partial charge is 0.478 e. The summed E-state index contributed by atoms with van der Waals surface area (Å²) >= 11 is 9.61. The Morgan fingerprint density at radius 1 is 1.55 bits per heavy atom. The third kappa shape index (κ3) is 1.88. The molecule has 0 saturated heterocycles. The van der Waals surface area contributed by atoms with Gasteiger partial charge in [0, 0.05) is 4.90 Å². The fourth-order valence-corrected chi connectivity index (χ4v) is 0.960. The molecule has 0 saturated carbocycles. The zero-order chi connectivity index (χ0) is 8.43. The number of rotatable bonds is 1. The van der Waals surface area contributed by atoms with Crippen molar-refractivity contribution >= 4 is 30.2 Å². The lowest BCUT2D eigenvalue weighted by Crippen LogP contribution is -1.95. The Hall–Kier alpha value is -0.670. The smallest absolute Gasteiger partial charge is 0.335 e. The van der Waals surface area contributed by atoms with Gasteiger partial charge in [-0.05, 0) is 18.2 Å². The van der Waals surface area contributed by atoms with Crippen LogP contribution in [0.15, 0.2) is 23.1 Å². The molecule has 0 amide bonds. The van der Waals surface area contributed by atoms with E-state index in [4.69, 9.17) is 16.7 Å². The van der Waals surface area contributed by atoms with E-state index in [0.29, 0.717) is 9.92 Å². The molecule has 0 atom stereocenters. The van der Waals surface area contributed by atoms with Crippen molar-refractivity contribution in [3.63, 3.8) is 0 Å². The molecule has 0 radical (unpaired) electrons. The monoisotopic (exact) mass is 188 g/mol. The van der Waals surface area contributed by atoms with Crippen LogP contribution in [0.5, 0.6) is 0 Å². The summed E-state index contributed by atoms with van der Waals surface area (Å²) in [4.78, 5) is 11.0. The molecule has 0 spiro atoms. The SMILES string of the molecule is O=C(O)c1ccc(S)c(Cl)c1. The third-order valence-corrected chi connectivity index (χ3v) is 2.03. The van der Waals surface area contributed by atoms with E-state index in [-0.39, 0.29) is 5.56 Å². The van der Waals surface area contributed by atoms with Gasteiger partial charge in [-0.1, -0.05) is 11.6 Å². The van der Waals surface area contributed by atoms with Gasteiger partial charge in [-0.2, -0.15) is 0 Å². The standard InChI is InChI=1S/C7H5ClO2S/c8-5-3-4(7(9)10)1-2-6(5)11/h1-3,11H,(H,9,10). The molecule has 0 heterocycles. The summed E-state index contributed by atoms with van der Waals surface area (Å²) in [6, 6.07) is 4.37. The number of carboxylic acid groups (broad SMARTS) is 1. The van der Waals surface area contributed by atoms with Crippen LogP contribution >= 0.6 is 24.2 Å². The number of thiol groups is 1. The molecule has 0 fully saturated rings. The maximum atomic E-state index is 10.4. The van der Waals surface area contributed by atoms with Crippen molar-refractivity contribution in [1.29, 1.82) is 0 Å². The Morgan fingerprint density at radius 3 is 2.64 bits per heavy atom. The van der Waals surface area contributed by atoms with E-state index in [1.54, 1.807) is 6.07 Å². The molecule has 1 rings (SSSR count). The van der Waals surface area contributed by atoms with Crippen molar-refractivity contribution in [3.05, 3.63) is 28.8 Å². The number of hydrogen-bond acceptors (Lipinski definition) is 2. The lowest BCUT2D eigenvalue weighted by molar-refractivity contribution is 0.0697. The molecule has 1 aromatic rings. The maximum Gasteiger partial charge on any atom is 0.335 e. The number of halogens is 1. The van der Waals surface area contributed by atoms with Crippen molar-refractivity contribution in [1.82, 2.24) is 0 Å². The average molecular weight is 189 g/mol. The number of hydrogen-bond donors (Lipinski definition) is 2. The molecule has 0 aliphatic rings. The summed E-state index contributed by atoms with van der Waals surface area (Å²) < 4.78 is 0. The van der Waals surface area contributed by atoms with E-state index >= 15 is 0 Å². The van der Waals surface area contributed by atoms with E-state index in [0.717, 1.165) is 0 Å². The molecular weight excluding hydrogens is 184 g/mol. The molecule has 1 N–H and O–H groups in total. The fraction of sp³-hybridized carbons (Fsp3) is 0. The summed E-state index contributed by atoms with van der Waals surface area (Å²) in [6.07, 6.45) is 0. The lowest BCUT2D eigenvalue weighted by Gasteiger charge is -1.97. The van der Waals surface area contributed by atoms with Gasteiger partial charge in [-0.25, -0.2) is 4.79 Å². The van der Waals surface area contributed by atoms with Gasteiger partial charge in [0.25, 0.3) is 0 Å². The molecule has 1 aromatic carbocycles. The Bertz CT molecular complexity index is 298. The maximum absolute atomic E-state index is 10.4. The highest BCUT2D eigenvalue weighted by molar-refractivity contribution is 7.80. The van der Waals surface area contributed by atoms with Crippen LogP contribution in [-0.4, -0.2) is 11.1 Å². The first-order valence-electron chi connectivity index (χ1n) is 2.83. The molecule has 0 aliphatic heterocycles. The molecule has 0 aromatic heterocycles. The summed E-state index contributed by atoms with van der Waals surface area (Å²) in [5.41, 5.74) is 0.174. The minimum atomic E-state index is -0.986. The van der Waals surface area contributed by atoms with Crippen molar-refractivity contribution < 1.29 is 9.90 Å². The number of carbonyl (C=O) groups is 1. The van der Waals surface area contributed by atoms with Crippen molar-refractivity contribution in [2.75, 3.05) is 0 Å². The van der Waals surface area contributed by atoms with Gasteiger partial charge in [0.05, 0.1) is 10.6 Å². The molecule has 2 nitrogen and oxygen atoms in total. The first kappa shape index (κ1) is 8.43. The van der Waals surface area contributed by atoms with Gasteiger partial charge >= 0.3 is 5.97 Å². The highest BCUT2D eigenvalue weighted by Crippen LogP contribution is 2.20. The first-order valence-corrected chi connectivity index (χ1v) is 3.65. The Kier molecular flexibility index (Phi) is 2.42. The Labute approximate surface area is 74.2 Å². The first-order chi connectivity index (χ1) is 5.11. The van der Waals surface area contributed by atoms with Crippen LogP contribution in [0, 0.1) is 0 Å². The normalized spacial score (nSPS) is 9.64. The zero-order valence-corrected chi connectivity index (χ0v) is 7.06. The summed E-state index contributed by atoms with van der Waals surface area (Å²) in [6.45, 7) is 0. The van der Waals surface area contributed by atoms with Gasteiger partial charge in [-0.15, -0.1) is 12.6 Å². The van der Waals surface area contributed by atoms with E-state index in [1.165, 1.54) is 12.1 Å². The predicted molar refractivity (Wildman–Crippen MR) is 45.7 cm³/mol. The van der Waals surface area contributed by atoms with Crippen LogP contribution in [0.3, 0.4) is 0 Å². The van der Waals surface area contributed by atoms with Gasteiger partial charge in [0.1, 0.15) is 0 Å². The topological polar surface area (TPSA) is 37.3 Å². The van der Waals surface area contributed by atoms with Crippen molar-refractivity contribution in [2.24, 2.45) is 0 Å². The molecule has 4 heteroatoms. The van der Waals surface area contributed by atoms with Gasteiger partial charge < -0.3 is 5.11 Å². The molecule has 11 heavy (non-hydrogen) atoms. The van der Waals surface area contributed by atoms with E-state index < -0.39 is 5.97 Å². The fourth-order valence-electron chi connectivity index (χ4n) is 0.640. The van der Waals surface area contributed by atoms with E-state index in [9.17, 15) is 4.79 Å². The minimum absolute atomic E-state index is 0.174. The Balaban J connectivity index is 3.15. The quantitative estimate of drug-likeness (QED) is 0.664. The molecular formula is C7H5ClO2S. The van der Waals surface area contributed by atoms with Crippen molar-refractivity contribution in [2.45, 2.75) is 4.90 Å². The van der Waals surface area contributed by atoms with Gasteiger partial charge in [-0.3, -0.25) is 0 Å². The number of aromatic carboxylic acids is 1. The van der Waals surface area contributed by atoms with Crippen LogP contribution in [-0.2, 0) is 0 Å². The van der Waals surface area contributed by atoms with E-state index in [2.05, 4.69) is 12.6 Å². The third-order valence-electron chi connectivity index (χ3n) is 1.19. The number of carboxylic acids is 1. The van der Waals surface area contributed by atoms with Crippen LogP contribution in [0.4, 0.5) is 0 Å². The molecule has 0 bridgehead atoms. The number of benzene rings is 1. The summed E-state index contributed by atoms with van der Waals surface area (Å²) in [5, 5.41) is 8.87.